The lowest BCUT2D eigenvalue weighted by atomic mass is 10.2. The van der Waals surface area contributed by atoms with Gasteiger partial charge < -0.3 is 15.8 Å². The Kier molecular flexibility index (Phi) is 4.01. The number of rotatable bonds is 4. The molecule has 3 N–H and O–H groups in total. The summed E-state index contributed by atoms with van der Waals surface area (Å²) in [5.41, 5.74) is 6.92. The van der Waals surface area contributed by atoms with Crippen molar-refractivity contribution in [2.24, 2.45) is 5.73 Å². The summed E-state index contributed by atoms with van der Waals surface area (Å²) in [6, 6.07) is 6.91. The van der Waals surface area contributed by atoms with Gasteiger partial charge in [0, 0.05) is 23.8 Å². The first-order chi connectivity index (χ1) is 9.06. The van der Waals surface area contributed by atoms with Crippen LogP contribution in [0.2, 0.25) is 0 Å². The summed E-state index contributed by atoms with van der Waals surface area (Å²) in [6.45, 7) is 2.69. The maximum absolute atomic E-state index is 11.6. The van der Waals surface area contributed by atoms with Gasteiger partial charge in [-0.1, -0.05) is 6.07 Å². The molecule has 0 radical (unpaired) electrons. The third-order valence-electron chi connectivity index (χ3n) is 2.71. The van der Waals surface area contributed by atoms with E-state index in [9.17, 15) is 9.59 Å². The lowest BCUT2D eigenvalue weighted by molar-refractivity contribution is -0.116. The molecule has 0 spiro atoms. The van der Waals surface area contributed by atoms with E-state index in [0.29, 0.717) is 24.5 Å². The third-order valence-corrected chi connectivity index (χ3v) is 2.71. The number of nitrogens with one attached hydrogen (secondary N) is 1. The van der Waals surface area contributed by atoms with E-state index in [0.717, 1.165) is 0 Å². The molecule has 0 aliphatic carbocycles. The zero-order valence-corrected chi connectivity index (χ0v) is 10.8. The van der Waals surface area contributed by atoms with Crippen molar-refractivity contribution >= 4 is 23.4 Å². The highest BCUT2D eigenvalue weighted by Gasteiger charge is 2.23. The van der Waals surface area contributed by atoms with Gasteiger partial charge in [-0.25, -0.2) is 4.79 Å². The molecule has 1 aromatic carbocycles. The molecule has 102 valence electrons. The van der Waals surface area contributed by atoms with Gasteiger partial charge in [-0.3, -0.25) is 9.69 Å². The second-order valence-electron chi connectivity index (χ2n) is 4.55. The first-order valence-corrected chi connectivity index (χ1v) is 6.16. The first kappa shape index (κ1) is 13.4. The number of amides is 2. The van der Waals surface area contributed by atoms with Gasteiger partial charge in [0.15, 0.2) is 0 Å². The standard InChI is InChI=1S/C13H17N3O3/c1-9(14)7-12(17)15-10-3-2-4-11(8-10)16-5-6-19-13(16)18/h2-4,8-9H,5-7,14H2,1H3,(H,15,17). The number of nitrogens with zero attached hydrogens (tertiary/aromatic N) is 1. The number of hydrogen-bond donors (Lipinski definition) is 2. The summed E-state index contributed by atoms with van der Waals surface area (Å²) in [5, 5.41) is 2.75. The molecule has 6 nitrogen and oxygen atoms in total. The first-order valence-electron chi connectivity index (χ1n) is 6.16. The van der Waals surface area contributed by atoms with Gasteiger partial charge in [0.25, 0.3) is 0 Å². The summed E-state index contributed by atoms with van der Waals surface area (Å²) in [7, 11) is 0. The number of nitrogens with two attached hydrogens (primary N) is 1. The molecule has 1 unspecified atom stereocenters. The number of ether oxygens (including phenoxy) is 1. The normalized spacial score (nSPS) is 16.1. The number of benzene rings is 1. The van der Waals surface area contributed by atoms with E-state index in [2.05, 4.69) is 5.32 Å². The monoisotopic (exact) mass is 263 g/mol. The van der Waals surface area contributed by atoms with Crippen molar-refractivity contribution in [2.45, 2.75) is 19.4 Å². The zero-order chi connectivity index (χ0) is 13.8. The summed E-state index contributed by atoms with van der Waals surface area (Å²) >= 11 is 0. The molecule has 1 atom stereocenters. The molecule has 0 saturated carbocycles. The van der Waals surface area contributed by atoms with Crippen molar-refractivity contribution in [1.82, 2.24) is 0 Å². The highest BCUT2D eigenvalue weighted by Crippen LogP contribution is 2.22. The lowest BCUT2D eigenvalue weighted by Crippen LogP contribution is -2.25. The molecule has 1 fully saturated rings. The molecule has 1 saturated heterocycles. The van der Waals surface area contributed by atoms with E-state index in [4.69, 9.17) is 10.5 Å². The Labute approximate surface area is 111 Å². The van der Waals surface area contributed by atoms with Gasteiger partial charge in [-0.2, -0.15) is 0 Å². The molecule has 2 amide bonds. The molecule has 0 bridgehead atoms. The number of hydrogen-bond acceptors (Lipinski definition) is 4. The van der Waals surface area contributed by atoms with Gasteiger partial charge in [-0.15, -0.1) is 0 Å². The van der Waals surface area contributed by atoms with Crippen molar-refractivity contribution in [1.29, 1.82) is 0 Å². The molecule has 0 aromatic heterocycles. The van der Waals surface area contributed by atoms with E-state index in [1.165, 1.54) is 4.90 Å². The molecule has 1 heterocycles. The predicted molar refractivity (Wildman–Crippen MR) is 72.0 cm³/mol. The van der Waals surface area contributed by atoms with E-state index in [-0.39, 0.29) is 24.5 Å². The van der Waals surface area contributed by atoms with Crippen molar-refractivity contribution in [3.05, 3.63) is 24.3 Å². The van der Waals surface area contributed by atoms with E-state index < -0.39 is 0 Å². The second-order valence-corrected chi connectivity index (χ2v) is 4.55. The van der Waals surface area contributed by atoms with Crippen LogP contribution >= 0.6 is 0 Å². The summed E-state index contributed by atoms with van der Waals surface area (Å²) in [5.74, 6) is -0.142. The van der Waals surface area contributed by atoms with Crippen LogP contribution in [0.25, 0.3) is 0 Å². The van der Waals surface area contributed by atoms with Crippen molar-refractivity contribution < 1.29 is 14.3 Å². The molecule has 1 aliphatic rings. The smallest absolute Gasteiger partial charge is 0.414 e. The minimum atomic E-state index is -0.362. The average molecular weight is 263 g/mol. The molecular weight excluding hydrogens is 246 g/mol. The highest BCUT2D eigenvalue weighted by atomic mass is 16.6. The SMILES string of the molecule is CC(N)CC(=O)Nc1cccc(N2CCOC2=O)c1. The molecule has 19 heavy (non-hydrogen) atoms. The summed E-state index contributed by atoms with van der Waals surface area (Å²) in [4.78, 5) is 24.6. The van der Waals surface area contributed by atoms with Crippen LogP contribution in [0.3, 0.4) is 0 Å². The van der Waals surface area contributed by atoms with Crippen LogP contribution in [0.5, 0.6) is 0 Å². The van der Waals surface area contributed by atoms with E-state index in [1.807, 2.05) is 0 Å². The van der Waals surface area contributed by atoms with Gasteiger partial charge in [0.05, 0.1) is 6.54 Å². The van der Waals surface area contributed by atoms with Gasteiger partial charge in [-0.05, 0) is 25.1 Å². The summed E-state index contributed by atoms with van der Waals surface area (Å²) in [6.07, 6.45) is -0.102. The topological polar surface area (TPSA) is 84.7 Å². The van der Waals surface area contributed by atoms with Crippen LogP contribution < -0.4 is 16.0 Å². The van der Waals surface area contributed by atoms with Crippen LogP contribution in [-0.4, -0.2) is 31.2 Å². The van der Waals surface area contributed by atoms with E-state index >= 15 is 0 Å². The van der Waals surface area contributed by atoms with Crippen LogP contribution in [-0.2, 0) is 9.53 Å². The fourth-order valence-electron chi connectivity index (χ4n) is 1.88. The predicted octanol–water partition coefficient (Wildman–Crippen LogP) is 1.32. The Bertz CT molecular complexity index is 488. The van der Waals surface area contributed by atoms with Gasteiger partial charge >= 0.3 is 6.09 Å². The largest absolute Gasteiger partial charge is 0.447 e. The van der Waals surface area contributed by atoms with Crippen molar-refractivity contribution in [3.8, 4) is 0 Å². The molecule has 1 aliphatic heterocycles. The van der Waals surface area contributed by atoms with Crippen LogP contribution in [0.1, 0.15) is 13.3 Å². The molecule has 2 rings (SSSR count). The van der Waals surface area contributed by atoms with Crippen molar-refractivity contribution in [3.63, 3.8) is 0 Å². The Hall–Kier alpha value is -2.08. The third kappa shape index (κ3) is 3.45. The van der Waals surface area contributed by atoms with Crippen molar-refractivity contribution in [2.75, 3.05) is 23.4 Å². The Balaban J connectivity index is 2.07. The number of cyclic esters (lactones) is 1. The fourth-order valence-corrected chi connectivity index (χ4v) is 1.88. The Morgan fingerprint density at radius 2 is 2.37 bits per heavy atom. The number of anilines is 2. The number of carbonyl (C=O) groups excluding carboxylic acids is 2. The summed E-state index contributed by atoms with van der Waals surface area (Å²) < 4.78 is 4.88. The van der Waals surface area contributed by atoms with Crippen LogP contribution in [0.4, 0.5) is 16.2 Å². The minimum absolute atomic E-state index is 0.142. The Morgan fingerprint density at radius 1 is 1.58 bits per heavy atom. The molecule has 6 heteroatoms. The van der Waals surface area contributed by atoms with Crippen LogP contribution in [0.15, 0.2) is 24.3 Å². The van der Waals surface area contributed by atoms with Crippen LogP contribution in [0, 0.1) is 0 Å². The highest BCUT2D eigenvalue weighted by molar-refractivity contribution is 5.93. The zero-order valence-electron chi connectivity index (χ0n) is 10.8. The fraction of sp³-hybridized carbons (Fsp3) is 0.385. The average Bonchev–Trinajstić information content (AvgIpc) is 2.74. The number of carbonyl (C=O) groups is 2. The maximum Gasteiger partial charge on any atom is 0.414 e. The second kappa shape index (κ2) is 5.71. The lowest BCUT2D eigenvalue weighted by Gasteiger charge is -2.14. The molecular formula is C13H17N3O3. The quantitative estimate of drug-likeness (QED) is 0.858. The van der Waals surface area contributed by atoms with Gasteiger partial charge in [0.1, 0.15) is 6.61 Å². The minimum Gasteiger partial charge on any atom is -0.447 e. The van der Waals surface area contributed by atoms with E-state index in [1.54, 1.807) is 31.2 Å². The maximum atomic E-state index is 11.6. The van der Waals surface area contributed by atoms with Gasteiger partial charge in [0.2, 0.25) is 5.91 Å². The Morgan fingerprint density at radius 3 is 3.00 bits per heavy atom. The molecule has 1 aromatic rings.